The van der Waals surface area contributed by atoms with Crippen molar-refractivity contribution in [2.45, 2.75) is 24.2 Å². The standard InChI is InChI=1S/C18H24N2O2S/c19-10-7-15-8-11-20(12-9-15)14-23(21,22)18-6-5-16-3-1-2-4-17(16)13-18/h1-6,13,15H,7-12,14,19H2. The second kappa shape index (κ2) is 6.99. The molecular weight excluding hydrogens is 308 g/mol. The van der Waals surface area contributed by atoms with Gasteiger partial charge in [0.05, 0.1) is 4.90 Å². The van der Waals surface area contributed by atoms with Crippen LogP contribution >= 0.6 is 0 Å². The van der Waals surface area contributed by atoms with Gasteiger partial charge < -0.3 is 5.73 Å². The van der Waals surface area contributed by atoms with Crippen LogP contribution in [0.2, 0.25) is 0 Å². The lowest BCUT2D eigenvalue weighted by molar-refractivity contribution is 0.203. The van der Waals surface area contributed by atoms with Crippen LogP contribution in [0.5, 0.6) is 0 Å². The van der Waals surface area contributed by atoms with Gasteiger partial charge in [-0.25, -0.2) is 8.42 Å². The molecule has 0 saturated carbocycles. The van der Waals surface area contributed by atoms with E-state index in [0.717, 1.165) is 49.7 Å². The normalized spacial score (nSPS) is 17.6. The number of nitrogens with two attached hydrogens (primary N) is 1. The first-order valence-electron chi connectivity index (χ1n) is 8.22. The van der Waals surface area contributed by atoms with Crippen LogP contribution in [0.1, 0.15) is 19.3 Å². The minimum atomic E-state index is -3.28. The summed E-state index contributed by atoms with van der Waals surface area (Å²) in [6, 6.07) is 13.2. The van der Waals surface area contributed by atoms with Crippen molar-refractivity contribution in [3.63, 3.8) is 0 Å². The number of hydrogen-bond acceptors (Lipinski definition) is 4. The first kappa shape index (κ1) is 16.4. The summed E-state index contributed by atoms with van der Waals surface area (Å²) >= 11 is 0. The van der Waals surface area contributed by atoms with Crippen LogP contribution in [0.15, 0.2) is 47.4 Å². The molecule has 124 valence electrons. The highest BCUT2D eigenvalue weighted by atomic mass is 32.2. The molecule has 0 spiro atoms. The molecule has 23 heavy (non-hydrogen) atoms. The van der Waals surface area contributed by atoms with Gasteiger partial charge in [0, 0.05) is 0 Å². The van der Waals surface area contributed by atoms with Crippen molar-refractivity contribution in [2.24, 2.45) is 11.7 Å². The molecule has 0 aromatic heterocycles. The fourth-order valence-electron chi connectivity index (χ4n) is 3.32. The van der Waals surface area contributed by atoms with Gasteiger partial charge in [-0.2, -0.15) is 0 Å². The Morgan fingerprint density at radius 3 is 2.43 bits per heavy atom. The Morgan fingerprint density at radius 2 is 1.74 bits per heavy atom. The number of hydrogen-bond donors (Lipinski definition) is 1. The Balaban J connectivity index is 1.71. The average molecular weight is 332 g/mol. The number of benzene rings is 2. The zero-order valence-electron chi connectivity index (χ0n) is 13.3. The van der Waals surface area contributed by atoms with Crippen molar-refractivity contribution in [1.29, 1.82) is 0 Å². The summed E-state index contributed by atoms with van der Waals surface area (Å²) in [6.45, 7) is 2.41. The molecule has 0 unspecified atom stereocenters. The highest BCUT2D eigenvalue weighted by molar-refractivity contribution is 7.91. The molecule has 0 atom stereocenters. The smallest absolute Gasteiger partial charge is 0.191 e. The second-order valence-electron chi connectivity index (χ2n) is 6.39. The van der Waals surface area contributed by atoms with Crippen molar-refractivity contribution in [3.05, 3.63) is 42.5 Å². The molecule has 1 aliphatic rings. The Hall–Kier alpha value is -1.43. The number of nitrogens with zero attached hydrogens (tertiary/aromatic N) is 1. The van der Waals surface area contributed by atoms with Crippen molar-refractivity contribution in [3.8, 4) is 0 Å². The van der Waals surface area contributed by atoms with Crippen LogP contribution in [-0.4, -0.2) is 38.8 Å². The number of likely N-dealkylation sites (tertiary alicyclic amines) is 1. The van der Waals surface area contributed by atoms with Gasteiger partial charge in [-0.3, -0.25) is 4.90 Å². The summed E-state index contributed by atoms with van der Waals surface area (Å²) in [7, 11) is -3.28. The first-order chi connectivity index (χ1) is 11.1. The van der Waals surface area contributed by atoms with E-state index in [1.165, 1.54) is 0 Å². The van der Waals surface area contributed by atoms with Crippen LogP contribution in [0.3, 0.4) is 0 Å². The quantitative estimate of drug-likeness (QED) is 0.914. The summed E-state index contributed by atoms with van der Waals surface area (Å²) in [4.78, 5) is 2.47. The molecule has 1 aliphatic heterocycles. The van der Waals surface area contributed by atoms with E-state index < -0.39 is 9.84 Å². The minimum absolute atomic E-state index is 0.112. The molecule has 2 N–H and O–H groups in total. The van der Waals surface area contributed by atoms with Gasteiger partial charge in [0.2, 0.25) is 0 Å². The van der Waals surface area contributed by atoms with Crippen molar-refractivity contribution >= 4 is 20.6 Å². The minimum Gasteiger partial charge on any atom is -0.330 e. The van der Waals surface area contributed by atoms with Gasteiger partial charge >= 0.3 is 0 Å². The Labute approximate surface area is 138 Å². The van der Waals surface area contributed by atoms with E-state index in [9.17, 15) is 8.42 Å². The fraction of sp³-hybridized carbons (Fsp3) is 0.444. The van der Waals surface area contributed by atoms with Gasteiger partial charge in [-0.15, -0.1) is 0 Å². The topological polar surface area (TPSA) is 63.4 Å². The van der Waals surface area contributed by atoms with Crippen molar-refractivity contribution in [1.82, 2.24) is 4.90 Å². The third-order valence-electron chi connectivity index (χ3n) is 4.71. The van der Waals surface area contributed by atoms with Crippen molar-refractivity contribution < 1.29 is 8.42 Å². The van der Waals surface area contributed by atoms with Crippen LogP contribution < -0.4 is 5.73 Å². The predicted octanol–water partition coefficient (Wildman–Crippen LogP) is 2.63. The van der Waals surface area contributed by atoms with E-state index in [1.807, 2.05) is 30.3 Å². The maximum atomic E-state index is 12.7. The number of fused-ring (bicyclic) bond motifs is 1. The van der Waals surface area contributed by atoms with Gasteiger partial charge in [0.15, 0.2) is 9.84 Å². The summed E-state index contributed by atoms with van der Waals surface area (Å²) in [6.07, 6.45) is 3.14. The SMILES string of the molecule is NCCC1CCN(CS(=O)(=O)c2ccc3ccccc3c2)CC1. The molecule has 1 fully saturated rings. The lowest BCUT2D eigenvalue weighted by Crippen LogP contribution is -2.37. The highest BCUT2D eigenvalue weighted by Crippen LogP contribution is 2.23. The number of rotatable bonds is 5. The third-order valence-corrected chi connectivity index (χ3v) is 6.39. The maximum Gasteiger partial charge on any atom is 0.191 e. The fourth-order valence-corrected chi connectivity index (χ4v) is 4.79. The second-order valence-corrected chi connectivity index (χ2v) is 8.35. The van der Waals surface area contributed by atoms with E-state index in [4.69, 9.17) is 5.73 Å². The molecule has 3 rings (SSSR count). The van der Waals surface area contributed by atoms with E-state index in [0.29, 0.717) is 10.8 Å². The number of piperidine rings is 1. The average Bonchev–Trinajstić information content (AvgIpc) is 2.56. The molecule has 1 saturated heterocycles. The van der Waals surface area contributed by atoms with Gasteiger partial charge in [-0.05, 0) is 67.7 Å². The van der Waals surface area contributed by atoms with Crippen molar-refractivity contribution in [2.75, 3.05) is 25.5 Å². The van der Waals surface area contributed by atoms with Gasteiger partial charge in [0.1, 0.15) is 5.88 Å². The molecule has 1 heterocycles. The zero-order valence-corrected chi connectivity index (χ0v) is 14.1. The first-order valence-corrected chi connectivity index (χ1v) is 9.88. The summed E-state index contributed by atoms with van der Waals surface area (Å²) in [5.41, 5.74) is 5.61. The van der Waals surface area contributed by atoms with Crippen LogP contribution in [-0.2, 0) is 9.84 Å². The molecule has 2 aromatic carbocycles. The predicted molar refractivity (Wildman–Crippen MR) is 94.0 cm³/mol. The molecule has 0 bridgehead atoms. The summed E-state index contributed by atoms with van der Waals surface area (Å²) in [5.74, 6) is 0.764. The Morgan fingerprint density at radius 1 is 1.04 bits per heavy atom. The molecule has 5 heteroatoms. The van der Waals surface area contributed by atoms with E-state index in [2.05, 4.69) is 4.90 Å². The van der Waals surface area contributed by atoms with Crippen LogP contribution in [0, 0.1) is 5.92 Å². The van der Waals surface area contributed by atoms with E-state index in [-0.39, 0.29) is 5.88 Å². The Kier molecular flexibility index (Phi) is 4.99. The molecule has 0 amide bonds. The van der Waals surface area contributed by atoms with Crippen LogP contribution in [0.25, 0.3) is 10.8 Å². The highest BCUT2D eigenvalue weighted by Gasteiger charge is 2.24. The van der Waals surface area contributed by atoms with E-state index in [1.54, 1.807) is 12.1 Å². The van der Waals surface area contributed by atoms with Gasteiger partial charge in [0.25, 0.3) is 0 Å². The summed E-state index contributed by atoms with van der Waals surface area (Å²) in [5, 5.41) is 2.03. The molecule has 4 nitrogen and oxygen atoms in total. The molecule has 0 radical (unpaired) electrons. The third kappa shape index (κ3) is 3.91. The largest absolute Gasteiger partial charge is 0.330 e. The molecule has 0 aliphatic carbocycles. The number of sulfone groups is 1. The molecule has 2 aromatic rings. The monoisotopic (exact) mass is 332 g/mol. The lowest BCUT2D eigenvalue weighted by atomic mass is 9.94. The molecular formula is C18H24N2O2S. The zero-order chi connectivity index (χ0) is 16.3. The summed E-state index contributed by atoms with van der Waals surface area (Å²) < 4.78 is 25.4. The Bertz CT molecular complexity index is 765. The van der Waals surface area contributed by atoms with Gasteiger partial charge in [-0.1, -0.05) is 30.3 Å². The van der Waals surface area contributed by atoms with Crippen LogP contribution in [0.4, 0.5) is 0 Å². The maximum absolute atomic E-state index is 12.7. The van der Waals surface area contributed by atoms with E-state index >= 15 is 0 Å². The lowest BCUT2D eigenvalue weighted by Gasteiger charge is -2.31.